The molecule has 1 saturated heterocycles. The van der Waals surface area contributed by atoms with Gasteiger partial charge in [0.2, 0.25) is 6.41 Å². The van der Waals surface area contributed by atoms with Crippen molar-refractivity contribution in [3.63, 3.8) is 0 Å². The van der Waals surface area contributed by atoms with Crippen molar-refractivity contribution in [3.05, 3.63) is 0 Å². The van der Waals surface area contributed by atoms with Gasteiger partial charge < -0.3 is 10.0 Å². The van der Waals surface area contributed by atoms with E-state index in [4.69, 9.17) is 5.11 Å². The van der Waals surface area contributed by atoms with Gasteiger partial charge in [-0.05, 0) is 18.3 Å². The summed E-state index contributed by atoms with van der Waals surface area (Å²) in [5, 5.41) is 8.88. The van der Waals surface area contributed by atoms with Crippen molar-refractivity contribution < 1.29 is 9.90 Å². The van der Waals surface area contributed by atoms with Crippen LogP contribution in [0, 0.1) is 11.8 Å². The van der Waals surface area contributed by atoms with E-state index in [1.165, 1.54) is 0 Å². The van der Waals surface area contributed by atoms with Gasteiger partial charge in [0.1, 0.15) is 0 Å². The molecule has 1 N–H and O–H groups in total. The maximum atomic E-state index is 10.4. The summed E-state index contributed by atoms with van der Waals surface area (Å²) >= 11 is 0. The summed E-state index contributed by atoms with van der Waals surface area (Å²) in [4.78, 5) is 12.2. The average Bonchev–Trinajstić information content (AvgIpc) is 2.03. The zero-order chi connectivity index (χ0) is 8.27. The number of nitrogens with zero attached hydrogens (tertiary/aromatic N) is 1. The van der Waals surface area contributed by atoms with Gasteiger partial charge in [-0.2, -0.15) is 0 Å². The number of aliphatic hydroxyl groups is 1. The molecule has 64 valence electrons. The number of amides is 1. The minimum absolute atomic E-state index is 0.203. The van der Waals surface area contributed by atoms with Crippen LogP contribution in [0.5, 0.6) is 0 Å². The highest BCUT2D eigenvalue weighted by Gasteiger charge is 2.22. The highest BCUT2D eigenvalue weighted by molar-refractivity contribution is 5.47. The largest absolute Gasteiger partial charge is 0.396 e. The lowest BCUT2D eigenvalue weighted by molar-refractivity contribution is -0.121. The fourth-order valence-corrected chi connectivity index (χ4v) is 1.74. The molecule has 0 aromatic carbocycles. The minimum Gasteiger partial charge on any atom is -0.396 e. The van der Waals surface area contributed by atoms with Gasteiger partial charge in [0.25, 0.3) is 0 Å². The number of aliphatic hydroxyl groups excluding tert-OH is 1. The topological polar surface area (TPSA) is 40.5 Å². The number of rotatable bonds is 2. The summed E-state index contributed by atoms with van der Waals surface area (Å²) in [5.41, 5.74) is 0. The fourth-order valence-electron chi connectivity index (χ4n) is 1.74. The van der Waals surface area contributed by atoms with Crippen LogP contribution in [0.1, 0.15) is 13.3 Å². The van der Waals surface area contributed by atoms with E-state index in [2.05, 4.69) is 6.92 Å². The Morgan fingerprint density at radius 1 is 1.64 bits per heavy atom. The molecule has 0 saturated carbocycles. The third-order valence-corrected chi connectivity index (χ3v) is 2.18. The normalized spacial score (nSPS) is 32.0. The molecule has 0 aromatic rings. The Morgan fingerprint density at radius 3 is 2.91 bits per heavy atom. The highest BCUT2D eigenvalue weighted by Crippen LogP contribution is 2.19. The molecular weight excluding hydrogens is 142 g/mol. The van der Waals surface area contributed by atoms with E-state index in [0.29, 0.717) is 11.8 Å². The summed E-state index contributed by atoms with van der Waals surface area (Å²) in [6.07, 6.45) is 1.92. The number of likely N-dealkylation sites (tertiary alicyclic amines) is 1. The Bertz CT molecular complexity index is 138. The molecule has 0 spiro atoms. The molecule has 0 aromatic heterocycles. The number of carbonyl (C=O) groups is 1. The summed E-state index contributed by atoms with van der Waals surface area (Å²) < 4.78 is 0. The molecule has 1 aliphatic rings. The number of hydrogen-bond donors (Lipinski definition) is 1. The zero-order valence-corrected chi connectivity index (χ0v) is 6.86. The molecule has 3 nitrogen and oxygen atoms in total. The number of hydrogen-bond acceptors (Lipinski definition) is 2. The van der Waals surface area contributed by atoms with E-state index in [1.807, 2.05) is 0 Å². The predicted octanol–water partition coefficient (Wildman–Crippen LogP) is 0.0931. The molecule has 1 heterocycles. The third-order valence-electron chi connectivity index (χ3n) is 2.18. The van der Waals surface area contributed by atoms with Gasteiger partial charge in [-0.3, -0.25) is 4.79 Å². The van der Waals surface area contributed by atoms with Crippen LogP contribution < -0.4 is 0 Å². The van der Waals surface area contributed by atoms with E-state index < -0.39 is 0 Å². The maximum absolute atomic E-state index is 10.4. The van der Waals surface area contributed by atoms with Gasteiger partial charge in [-0.15, -0.1) is 0 Å². The van der Waals surface area contributed by atoms with E-state index in [0.717, 1.165) is 25.9 Å². The summed E-state index contributed by atoms with van der Waals surface area (Å²) in [6.45, 7) is 3.89. The van der Waals surface area contributed by atoms with Gasteiger partial charge in [0.15, 0.2) is 0 Å². The van der Waals surface area contributed by atoms with Crippen LogP contribution in [0.4, 0.5) is 0 Å². The van der Waals surface area contributed by atoms with Gasteiger partial charge >= 0.3 is 0 Å². The Labute approximate surface area is 67.0 Å². The summed E-state index contributed by atoms with van der Waals surface area (Å²) in [7, 11) is 0. The van der Waals surface area contributed by atoms with Crippen LogP contribution in [0.25, 0.3) is 0 Å². The number of piperidine rings is 1. The van der Waals surface area contributed by atoms with Crippen LogP contribution in [-0.2, 0) is 4.79 Å². The first-order valence-corrected chi connectivity index (χ1v) is 4.06. The lowest BCUT2D eigenvalue weighted by Crippen LogP contribution is -2.39. The van der Waals surface area contributed by atoms with Crippen LogP contribution >= 0.6 is 0 Å². The SMILES string of the molecule is CC1CC(CO)CN(C=O)C1. The molecule has 11 heavy (non-hydrogen) atoms. The first-order valence-electron chi connectivity index (χ1n) is 4.06. The fraction of sp³-hybridized carbons (Fsp3) is 0.875. The lowest BCUT2D eigenvalue weighted by Gasteiger charge is -2.33. The Balaban J connectivity index is 2.43. The summed E-state index contributed by atoms with van der Waals surface area (Å²) in [6, 6.07) is 0. The smallest absolute Gasteiger partial charge is 0.209 e. The standard InChI is InChI=1S/C8H15NO2/c1-7-2-8(5-10)4-9(3-7)6-11/h6-8,10H,2-5H2,1H3. The molecule has 3 heteroatoms. The van der Waals surface area contributed by atoms with Crippen LogP contribution in [0.2, 0.25) is 0 Å². The molecule has 2 atom stereocenters. The van der Waals surface area contributed by atoms with Crippen molar-refractivity contribution in [1.29, 1.82) is 0 Å². The molecule has 1 aliphatic heterocycles. The van der Waals surface area contributed by atoms with Crippen molar-refractivity contribution >= 4 is 6.41 Å². The van der Waals surface area contributed by atoms with E-state index >= 15 is 0 Å². The van der Waals surface area contributed by atoms with Gasteiger partial charge in [0.05, 0.1) is 0 Å². The Kier molecular flexibility index (Phi) is 2.88. The molecule has 2 unspecified atom stereocenters. The first-order chi connectivity index (χ1) is 5.26. The van der Waals surface area contributed by atoms with Crippen LogP contribution in [0.15, 0.2) is 0 Å². The van der Waals surface area contributed by atoms with Crippen LogP contribution in [0.3, 0.4) is 0 Å². The van der Waals surface area contributed by atoms with Gasteiger partial charge in [-0.1, -0.05) is 6.92 Å². The predicted molar refractivity (Wildman–Crippen MR) is 42.0 cm³/mol. The highest BCUT2D eigenvalue weighted by atomic mass is 16.3. The molecule has 1 fully saturated rings. The van der Waals surface area contributed by atoms with Crippen molar-refractivity contribution in [2.24, 2.45) is 11.8 Å². The molecule has 0 radical (unpaired) electrons. The van der Waals surface area contributed by atoms with Crippen molar-refractivity contribution in [2.75, 3.05) is 19.7 Å². The molecule has 0 bridgehead atoms. The molecular formula is C8H15NO2. The first kappa shape index (κ1) is 8.53. The van der Waals surface area contributed by atoms with Crippen molar-refractivity contribution in [1.82, 2.24) is 4.90 Å². The van der Waals surface area contributed by atoms with Gasteiger partial charge in [0, 0.05) is 19.7 Å². The molecule has 1 amide bonds. The second kappa shape index (κ2) is 3.72. The minimum atomic E-state index is 0.203. The number of carbonyl (C=O) groups excluding carboxylic acids is 1. The maximum Gasteiger partial charge on any atom is 0.209 e. The van der Waals surface area contributed by atoms with E-state index in [-0.39, 0.29) is 6.61 Å². The monoisotopic (exact) mass is 157 g/mol. The van der Waals surface area contributed by atoms with Crippen LogP contribution in [-0.4, -0.2) is 36.1 Å². The van der Waals surface area contributed by atoms with Crippen molar-refractivity contribution in [3.8, 4) is 0 Å². The average molecular weight is 157 g/mol. The van der Waals surface area contributed by atoms with E-state index in [9.17, 15) is 4.79 Å². The second-order valence-electron chi connectivity index (χ2n) is 3.45. The zero-order valence-electron chi connectivity index (χ0n) is 6.86. The lowest BCUT2D eigenvalue weighted by atomic mass is 9.91. The van der Waals surface area contributed by atoms with Gasteiger partial charge in [-0.25, -0.2) is 0 Å². The Hall–Kier alpha value is -0.570. The van der Waals surface area contributed by atoms with Crippen molar-refractivity contribution in [2.45, 2.75) is 13.3 Å². The third kappa shape index (κ3) is 2.19. The Morgan fingerprint density at radius 2 is 2.36 bits per heavy atom. The molecule has 0 aliphatic carbocycles. The van der Waals surface area contributed by atoms with E-state index in [1.54, 1.807) is 4.90 Å². The molecule has 1 rings (SSSR count). The summed E-state index contributed by atoms with van der Waals surface area (Å²) in [5.74, 6) is 0.829. The quantitative estimate of drug-likeness (QED) is 0.577. The second-order valence-corrected chi connectivity index (χ2v) is 3.45.